The normalized spacial score (nSPS) is 11.4. The average molecular weight is 435 g/mol. The Morgan fingerprint density at radius 2 is 2.06 bits per heavy atom. The minimum atomic E-state index is -0.494. The van der Waals surface area contributed by atoms with E-state index in [0.29, 0.717) is 21.7 Å². The fraction of sp³-hybridized carbons (Fsp3) is 0.143. The van der Waals surface area contributed by atoms with Gasteiger partial charge in [0.05, 0.1) is 18.3 Å². The van der Waals surface area contributed by atoms with Gasteiger partial charge in [0.1, 0.15) is 17.0 Å². The highest BCUT2D eigenvalue weighted by atomic mass is 32.1. The maximum atomic E-state index is 13.1. The number of rotatable bonds is 5. The van der Waals surface area contributed by atoms with E-state index in [4.69, 9.17) is 4.42 Å². The van der Waals surface area contributed by atoms with Crippen LogP contribution in [0.2, 0.25) is 0 Å². The molecular weight excluding hydrogens is 418 g/mol. The topological polar surface area (TPSA) is 104 Å². The molecule has 9 nitrogen and oxygen atoms in total. The molecule has 156 valence electrons. The zero-order chi connectivity index (χ0) is 21.5. The molecule has 0 aliphatic carbocycles. The molecule has 4 aromatic heterocycles. The van der Waals surface area contributed by atoms with Gasteiger partial charge in [-0.2, -0.15) is 0 Å². The molecule has 0 spiro atoms. The van der Waals surface area contributed by atoms with Gasteiger partial charge >= 0.3 is 5.69 Å². The van der Waals surface area contributed by atoms with Gasteiger partial charge in [-0.3, -0.25) is 14.2 Å². The number of carbonyl (C=O) groups excluding carboxylic acids is 1. The molecule has 31 heavy (non-hydrogen) atoms. The molecule has 1 aromatic carbocycles. The Hall–Kier alpha value is -3.92. The van der Waals surface area contributed by atoms with E-state index >= 15 is 0 Å². The number of nitrogens with zero attached hydrogens (tertiary/aromatic N) is 4. The monoisotopic (exact) mass is 435 g/mol. The number of hydrogen-bond acceptors (Lipinski definition) is 6. The number of amides is 1. The van der Waals surface area contributed by atoms with Gasteiger partial charge < -0.3 is 9.73 Å². The van der Waals surface area contributed by atoms with Gasteiger partial charge in [-0.05, 0) is 48.2 Å². The van der Waals surface area contributed by atoms with Crippen LogP contribution in [-0.2, 0) is 17.9 Å². The van der Waals surface area contributed by atoms with Gasteiger partial charge in [0.2, 0.25) is 11.7 Å². The molecule has 0 fully saturated rings. The van der Waals surface area contributed by atoms with Crippen molar-refractivity contribution in [3.63, 3.8) is 0 Å². The number of hydrogen-bond donors (Lipinski definition) is 1. The zero-order valence-corrected chi connectivity index (χ0v) is 17.3. The molecular formula is C21H17N5O4S. The molecule has 10 heteroatoms. The second-order valence-corrected chi connectivity index (χ2v) is 8.02. The Bertz CT molecular complexity index is 1540. The van der Waals surface area contributed by atoms with E-state index in [9.17, 15) is 14.4 Å². The van der Waals surface area contributed by atoms with E-state index in [-0.39, 0.29) is 24.4 Å². The molecule has 1 amide bonds. The summed E-state index contributed by atoms with van der Waals surface area (Å²) in [7, 11) is 0. The zero-order valence-electron chi connectivity index (χ0n) is 16.4. The van der Waals surface area contributed by atoms with Crippen LogP contribution in [0.4, 0.5) is 5.69 Å². The van der Waals surface area contributed by atoms with Crippen LogP contribution in [0.25, 0.3) is 16.0 Å². The summed E-state index contributed by atoms with van der Waals surface area (Å²) in [5.41, 5.74) is 1.35. The molecule has 0 atom stereocenters. The fourth-order valence-corrected chi connectivity index (χ4v) is 4.32. The Labute approximate surface area is 178 Å². The number of anilines is 1. The summed E-state index contributed by atoms with van der Waals surface area (Å²) in [5, 5.41) is 8.83. The predicted molar refractivity (Wildman–Crippen MR) is 117 cm³/mol. The van der Waals surface area contributed by atoms with Crippen molar-refractivity contribution in [2.24, 2.45) is 0 Å². The average Bonchev–Trinajstić information content (AvgIpc) is 3.46. The molecule has 5 rings (SSSR count). The highest BCUT2D eigenvalue weighted by molar-refractivity contribution is 7.17. The van der Waals surface area contributed by atoms with Crippen molar-refractivity contribution in [3.05, 3.63) is 86.3 Å². The smallest absolute Gasteiger partial charge is 0.352 e. The van der Waals surface area contributed by atoms with Crippen LogP contribution >= 0.6 is 11.3 Å². The molecule has 0 saturated carbocycles. The van der Waals surface area contributed by atoms with Gasteiger partial charge in [0.15, 0.2) is 0 Å². The highest BCUT2D eigenvalue weighted by Crippen LogP contribution is 2.18. The third-order valence-corrected chi connectivity index (χ3v) is 5.77. The lowest BCUT2D eigenvalue weighted by Crippen LogP contribution is -2.29. The number of aromatic nitrogens is 4. The van der Waals surface area contributed by atoms with Crippen LogP contribution in [0.5, 0.6) is 0 Å². The summed E-state index contributed by atoms with van der Waals surface area (Å²) in [6.45, 7) is 1.76. The van der Waals surface area contributed by atoms with E-state index in [2.05, 4.69) is 10.4 Å². The maximum Gasteiger partial charge on any atom is 0.352 e. The minimum absolute atomic E-state index is 0.120. The number of benzene rings is 1. The molecule has 0 aliphatic rings. The second-order valence-electron chi connectivity index (χ2n) is 7.10. The summed E-state index contributed by atoms with van der Waals surface area (Å²) >= 11 is 1.25. The molecule has 1 N–H and O–H groups in total. The first-order chi connectivity index (χ1) is 15.0. The first-order valence-electron chi connectivity index (χ1n) is 9.50. The predicted octanol–water partition coefficient (Wildman–Crippen LogP) is 2.46. The van der Waals surface area contributed by atoms with Gasteiger partial charge in [0.25, 0.3) is 5.56 Å². The van der Waals surface area contributed by atoms with Crippen molar-refractivity contribution in [2.45, 2.75) is 20.0 Å². The first-order valence-corrected chi connectivity index (χ1v) is 10.4. The van der Waals surface area contributed by atoms with Crippen LogP contribution in [0.15, 0.2) is 68.1 Å². The third-order valence-electron chi connectivity index (χ3n) is 4.88. The van der Waals surface area contributed by atoms with Crippen LogP contribution in [0.3, 0.4) is 0 Å². The number of aryl methyl sites for hydroxylation is 1. The number of thiophene rings is 1. The van der Waals surface area contributed by atoms with Crippen molar-refractivity contribution in [2.75, 3.05) is 5.32 Å². The van der Waals surface area contributed by atoms with Crippen LogP contribution in [-0.4, -0.2) is 24.7 Å². The van der Waals surface area contributed by atoms with Gasteiger partial charge in [-0.15, -0.1) is 16.4 Å². The highest BCUT2D eigenvalue weighted by Gasteiger charge is 2.20. The van der Waals surface area contributed by atoms with E-state index in [1.165, 1.54) is 26.6 Å². The SMILES string of the molecule is Cc1cccc(NC(=O)Cn2nc3n(Cc4ccco4)c(=O)c4sccc4n3c2=O)c1. The second kappa shape index (κ2) is 7.40. The quantitative estimate of drug-likeness (QED) is 0.457. The first kappa shape index (κ1) is 19.1. The standard InChI is InChI=1S/C21H17N5O4S/c1-13-4-2-5-14(10-13)22-17(27)12-25-21(29)26-16-7-9-31-18(16)19(28)24(20(26)23-25)11-15-6-3-8-30-15/h2-10H,11-12H2,1H3,(H,22,27). The van der Waals surface area contributed by atoms with E-state index < -0.39 is 11.6 Å². The summed E-state index contributed by atoms with van der Waals surface area (Å²) < 4.78 is 9.61. The van der Waals surface area contributed by atoms with Gasteiger partial charge in [0, 0.05) is 5.69 Å². The van der Waals surface area contributed by atoms with Crippen molar-refractivity contribution < 1.29 is 9.21 Å². The summed E-state index contributed by atoms with van der Waals surface area (Å²) in [6, 6.07) is 12.5. The van der Waals surface area contributed by atoms with Crippen molar-refractivity contribution in [1.82, 2.24) is 18.7 Å². The van der Waals surface area contributed by atoms with Crippen LogP contribution in [0, 0.1) is 6.92 Å². The largest absolute Gasteiger partial charge is 0.467 e. The van der Waals surface area contributed by atoms with Gasteiger partial charge in [-0.1, -0.05) is 12.1 Å². The molecule has 0 radical (unpaired) electrons. The van der Waals surface area contributed by atoms with E-state index in [1.807, 2.05) is 25.1 Å². The lowest BCUT2D eigenvalue weighted by atomic mass is 10.2. The van der Waals surface area contributed by atoms with E-state index in [1.54, 1.807) is 29.6 Å². The molecule has 0 aliphatic heterocycles. The summed E-state index contributed by atoms with van der Waals surface area (Å²) in [4.78, 5) is 38.7. The minimum Gasteiger partial charge on any atom is -0.467 e. The lowest BCUT2D eigenvalue weighted by molar-refractivity contribution is -0.117. The summed E-state index contributed by atoms with van der Waals surface area (Å²) in [5.74, 6) is 0.317. The molecule has 4 heterocycles. The molecule has 0 unspecified atom stereocenters. The van der Waals surface area contributed by atoms with E-state index in [0.717, 1.165) is 10.2 Å². The van der Waals surface area contributed by atoms with Crippen LogP contribution < -0.4 is 16.6 Å². The Balaban J connectivity index is 1.58. The fourth-order valence-electron chi connectivity index (χ4n) is 3.50. The lowest BCUT2D eigenvalue weighted by Gasteiger charge is -2.06. The number of nitrogens with one attached hydrogen (secondary N) is 1. The van der Waals surface area contributed by atoms with Crippen molar-refractivity contribution in [3.8, 4) is 0 Å². The number of carbonyl (C=O) groups is 1. The van der Waals surface area contributed by atoms with Crippen molar-refractivity contribution in [1.29, 1.82) is 0 Å². The molecule has 5 aromatic rings. The number of furan rings is 1. The molecule has 0 bridgehead atoms. The Morgan fingerprint density at radius 3 is 2.84 bits per heavy atom. The number of fused-ring (bicyclic) bond motifs is 3. The maximum absolute atomic E-state index is 13.1. The summed E-state index contributed by atoms with van der Waals surface area (Å²) in [6.07, 6.45) is 1.52. The van der Waals surface area contributed by atoms with Crippen LogP contribution in [0.1, 0.15) is 11.3 Å². The molecule has 0 saturated heterocycles. The Morgan fingerprint density at radius 1 is 1.19 bits per heavy atom. The third kappa shape index (κ3) is 3.36. The van der Waals surface area contributed by atoms with Crippen molar-refractivity contribution >= 4 is 38.9 Å². The Kier molecular flexibility index (Phi) is 4.55. The van der Waals surface area contributed by atoms with Gasteiger partial charge in [-0.25, -0.2) is 13.9 Å².